The maximum Gasteiger partial charge on any atom is 0.00489 e. The molecule has 0 atom stereocenters. The van der Waals surface area contributed by atoms with E-state index in [1.165, 1.54) is 24.4 Å². The van der Waals surface area contributed by atoms with E-state index in [0.29, 0.717) is 0 Å². The van der Waals surface area contributed by atoms with Crippen LogP contribution >= 0.6 is 11.3 Å². The third kappa shape index (κ3) is 1.22. The van der Waals surface area contributed by atoms with Crippen molar-refractivity contribution in [2.75, 3.05) is 13.1 Å². The molecule has 1 aliphatic heterocycles. The summed E-state index contributed by atoms with van der Waals surface area (Å²) in [4.78, 5) is 1.53. The van der Waals surface area contributed by atoms with Crippen LogP contribution in [0.25, 0.3) is 0 Å². The van der Waals surface area contributed by atoms with Crippen molar-refractivity contribution in [1.29, 1.82) is 0 Å². The average Bonchev–Trinajstić information content (AvgIpc) is 2.29. The van der Waals surface area contributed by atoms with Crippen LogP contribution in [-0.4, -0.2) is 13.1 Å². The normalized spacial score (nSPS) is 18.8. The van der Waals surface area contributed by atoms with E-state index < -0.39 is 0 Å². The molecule has 1 saturated heterocycles. The number of nitrogens with one attached hydrogen (secondary N) is 1. The molecule has 0 saturated carbocycles. The van der Waals surface area contributed by atoms with Crippen molar-refractivity contribution in [2.24, 2.45) is 5.92 Å². The first kappa shape index (κ1) is 6.38. The average molecular weight is 153 g/mol. The zero-order chi connectivity index (χ0) is 6.81. The van der Waals surface area contributed by atoms with Crippen LogP contribution in [0.3, 0.4) is 0 Å². The van der Waals surface area contributed by atoms with Crippen LogP contribution in [0, 0.1) is 5.92 Å². The lowest BCUT2D eigenvalue weighted by Crippen LogP contribution is -2.42. The van der Waals surface area contributed by atoms with E-state index in [9.17, 15) is 0 Å². The van der Waals surface area contributed by atoms with Gasteiger partial charge in [0.1, 0.15) is 0 Å². The van der Waals surface area contributed by atoms with Gasteiger partial charge in [0.15, 0.2) is 0 Å². The molecule has 2 rings (SSSR count). The molecule has 2 heterocycles. The molecule has 1 N–H and O–H groups in total. The Kier molecular flexibility index (Phi) is 1.74. The van der Waals surface area contributed by atoms with Gasteiger partial charge < -0.3 is 5.32 Å². The molecule has 0 bridgehead atoms. The maximum absolute atomic E-state index is 3.28. The molecule has 1 aliphatic rings. The molecular formula is C8H11NS. The monoisotopic (exact) mass is 153 g/mol. The molecule has 1 fully saturated rings. The van der Waals surface area contributed by atoms with Gasteiger partial charge in [-0.2, -0.15) is 0 Å². The van der Waals surface area contributed by atoms with Gasteiger partial charge in [-0.25, -0.2) is 0 Å². The highest BCUT2D eigenvalue weighted by molar-refractivity contribution is 7.09. The number of rotatable bonds is 2. The Morgan fingerprint density at radius 2 is 2.50 bits per heavy atom. The maximum atomic E-state index is 3.28. The zero-order valence-electron chi connectivity index (χ0n) is 5.84. The van der Waals surface area contributed by atoms with Gasteiger partial charge in [-0.1, -0.05) is 6.07 Å². The van der Waals surface area contributed by atoms with Crippen molar-refractivity contribution in [3.05, 3.63) is 22.4 Å². The molecule has 1 aromatic heterocycles. The third-order valence-electron chi connectivity index (χ3n) is 1.94. The Morgan fingerprint density at radius 3 is 3.00 bits per heavy atom. The first-order valence-electron chi connectivity index (χ1n) is 3.68. The van der Waals surface area contributed by atoms with Crippen molar-refractivity contribution in [3.8, 4) is 0 Å². The number of hydrogen-bond donors (Lipinski definition) is 1. The van der Waals surface area contributed by atoms with Gasteiger partial charge in [-0.3, -0.25) is 0 Å². The third-order valence-corrected chi connectivity index (χ3v) is 2.83. The predicted molar refractivity (Wildman–Crippen MR) is 44.4 cm³/mol. The first-order chi connectivity index (χ1) is 4.95. The fraction of sp³-hybridized carbons (Fsp3) is 0.500. The van der Waals surface area contributed by atoms with E-state index in [1.807, 2.05) is 11.3 Å². The molecule has 0 unspecified atom stereocenters. The van der Waals surface area contributed by atoms with Crippen molar-refractivity contribution < 1.29 is 0 Å². The zero-order valence-corrected chi connectivity index (χ0v) is 6.66. The fourth-order valence-electron chi connectivity index (χ4n) is 1.21. The van der Waals surface area contributed by atoms with E-state index in [1.54, 1.807) is 0 Å². The van der Waals surface area contributed by atoms with E-state index in [2.05, 4.69) is 22.8 Å². The van der Waals surface area contributed by atoms with Crippen molar-refractivity contribution in [3.63, 3.8) is 0 Å². The number of thiophene rings is 1. The predicted octanol–water partition coefficient (Wildman–Crippen LogP) is 1.51. The van der Waals surface area contributed by atoms with Gasteiger partial charge in [0, 0.05) is 4.88 Å². The summed E-state index contributed by atoms with van der Waals surface area (Å²) in [6.45, 7) is 2.44. The Labute approximate surface area is 65.1 Å². The van der Waals surface area contributed by atoms with Gasteiger partial charge in [0.25, 0.3) is 0 Å². The minimum absolute atomic E-state index is 0.915. The summed E-state index contributed by atoms with van der Waals surface area (Å²) < 4.78 is 0. The van der Waals surface area contributed by atoms with E-state index in [0.717, 1.165) is 5.92 Å². The van der Waals surface area contributed by atoms with Crippen LogP contribution in [0.5, 0.6) is 0 Å². The summed E-state index contributed by atoms with van der Waals surface area (Å²) in [5.74, 6) is 0.915. The molecule has 0 spiro atoms. The van der Waals surface area contributed by atoms with Crippen molar-refractivity contribution >= 4 is 11.3 Å². The summed E-state index contributed by atoms with van der Waals surface area (Å²) in [6, 6.07) is 4.36. The molecule has 0 aliphatic carbocycles. The molecule has 0 radical (unpaired) electrons. The summed E-state index contributed by atoms with van der Waals surface area (Å²) >= 11 is 1.87. The SMILES string of the molecule is c1csc(CC2CNC2)c1. The molecule has 0 amide bonds. The van der Waals surface area contributed by atoms with Crippen LogP contribution < -0.4 is 5.32 Å². The quantitative estimate of drug-likeness (QED) is 0.679. The highest BCUT2D eigenvalue weighted by Gasteiger charge is 2.16. The number of hydrogen-bond acceptors (Lipinski definition) is 2. The molecule has 54 valence electrons. The highest BCUT2D eigenvalue weighted by atomic mass is 32.1. The molecule has 1 nitrogen and oxygen atoms in total. The Balaban J connectivity index is 1.90. The van der Waals surface area contributed by atoms with Gasteiger partial charge >= 0.3 is 0 Å². The van der Waals surface area contributed by atoms with Crippen LogP contribution in [0.4, 0.5) is 0 Å². The Bertz CT molecular complexity index is 189. The molecule has 0 aromatic carbocycles. The molecular weight excluding hydrogens is 142 g/mol. The van der Waals surface area contributed by atoms with Crippen LogP contribution in [0.15, 0.2) is 17.5 Å². The lowest BCUT2D eigenvalue weighted by molar-refractivity contribution is 0.348. The summed E-state index contributed by atoms with van der Waals surface area (Å²) in [7, 11) is 0. The van der Waals surface area contributed by atoms with E-state index in [-0.39, 0.29) is 0 Å². The molecule has 2 heteroatoms. The highest BCUT2D eigenvalue weighted by Crippen LogP contribution is 2.16. The lowest BCUT2D eigenvalue weighted by atomic mass is 9.99. The molecule has 1 aromatic rings. The standard InChI is InChI=1S/C8H11NS/c1-2-8(10-3-1)4-7-5-9-6-7/h1-3,7,9H,4-6H2. The lowest BCUT2D eigenvalue weighted by Gasteiger charge is -2.26. The summed E-state index contributed by atoms with van der Waals surface area (Å²) in [5.41, 5.74) is 0. The Morgan fingerprint density at radius 1 is 1.60 bits per heavy atom. The molecule has 10 heavy (non-hydrogen) atoms. The second kappa shape index (κ2) is 2.72. The fourth-order valence-corrected chi connectivity index (χ4v) is 2.03. The largest absolute Gasteiger partial charge is 0.316 e. The van der Waals surface area contributed by atoms with Crippen LogP contribution in [0.1, 0.15) is 4.88 Å². The van der Waals surface area contributed by atoms with Crippen molar-refractivity contribution in [1.82, 2.24) is 5.32 Å². The van der Waals surface area contributed by atoms with Crippen LogP contribution in [0.2, 0.25) is 0 Å². The van der Waals surface area contributed by atoms with Gasteiger partial charge in [0.2, 0.25) is 0 Å². The van der Waals surface area contributed by atoms with E-state index in [4.69, 9.17) is 0 Å². The second-order valence-electron chi connectivity index (χ2n) is 2.81. The summed E-state index contributed by atoms with van der Waals surface area (Å²) in [5, 5.41) is 5.43. The van der Waals surface area contributed by atoms with E-state index >= 15 is 0 Å². The Hall–Kier alpha value is -0.340. The van der Waals surface area contributed by atoms with Gasteiger partial charge in [-0.15, -0.1) is 11.3 Å². The van der Waals surface area contributed by atoms with Gasteiger partial charge in [-0.05, 0) is 36.9 Å². The van der Waals surface area contributed by atoms with Crippen molar-refractivity contribution in [2.45, 2.75) is 6.42 Å². The second-order valence-corrected chi connectivity index (χ2v) is 3.84. The summed E-state index contributed by atoms with van der Waals surface area (Å²) in [6.07, 6.45) is 1.28. The first-order valence-corrected chi connectivity index (χ1v) is 4.56. The topological polar surface area (TPSA) is 12.0 Å². The van der Waals surface area contributed by atoms with Crippen LogP contribution in [-0.2, 0) is 6.42 Å². The smallest absolute Gasteiger partial charge is 0.00489 e. The minimum atomic E-state index is 0.915. The minimum Gasteiger partial charge on any atom is -0.316 e. The van der Waals surface area contributed by atoms with Gasteiger partial charge in [0.05, 0.1) is 0 Å².